The highest BCUT2D eigenvalue weighted by Gasteiger charge is 2.38. The van der Waals surface area contributed by atoms with Crippen molar-refractivity contribution < 1.29 is 27.6 Å². The number of halogens is 3. The Kier molecular flexibility index (Phi) is 4.89. The molecule has 0 aromatic heterocycles. The summed E-state index contributed by atoms with van der Waals surface area (Å²) in [7, 11) is 1.19. The Hall–Kier alpha value is -2.32. The fourth-order valence-corrected chi connectivity index (χ4v) is 1.44. The van der Waals surface area contributed by atoms with Crippen LogP contribution in [0.15, 0.2) is 18.2 Å². The Morgan fingerprint density at radius 3 is 2.60 bits per heavy atom. The zero-order valence-corrected chi connectivity index (χ0v) is 10.4. The Bertz CT molecular complexity index is 517. The van der Waals surface area contributed by atoms with Gasteiger partial charge in [0, 0.05) is 18.3 Å². The van der Waals surface area contributed by atoms with Crippen LogP contribution in [0.25, 0.3) is 0 Å². The van der Waals surface area contributed by atoms with E-state index in [1.165, 1.54) is 7.11 Å². The summed E-state index contributed by atoms with van der Waals surface area (Å²) in [5.74, 6) is -0.518. The molecule has 0 fully saturated rings. The van der Waals surface area contributed by atoms with Crippen LogP contribution in [0.3, 0.4) is 0 Å². The quantitative estimate of drug-likeness (QED) is 0.512. The van der Waals surface area contributed by atoms with Gasteiger partial charge >= 0.3 is 12.1 Å². The van der Waals surface area contributed by atoms with Crippen LogP contribution in [-0.4, -0.2) is 24.5 Å². The predicted molar refractivity (Wildman–Crippen MR) is 63.2 cm³/mol. The van der Waals surface area contributed by atoms with E-state index < -0.39 is 28.3 Å². The molecule has 0 radical (unpaired) electrons. The Balaban J connectivity index is 2.90. The van der Waals surface area contributed by atoms with E-state index in [1.54, 1.807) is 0 Å². The number of esters is 1. The molecule has 0 heterocycles. The molecule has 0 aliphatic carbocycles. The van der Waals surface area contributed by atoms with Gasteiger partial charge in [-0.25, -0.2) is 0 Å². The van der Waals surface area contributed by atoms with E-state index in [0.29, 0.717) is 6.07 Å². The average molecular weight is 292 g/mol. The summed E-state index contributed by atoms with van der Waals surface area (Å²) < 4.78 is 42.4. The van der Waals surface area contributed by atoms with E-state index in [9.17, 15) is 28.1 Å². The molecule has 1 N–H and O–H groups in total. The molecule has 0 bridgehead atoms. The molecule has 20 heavy (non-hydrogen) atoms. The van der Waals surface area contributed by atoms with Crippen molar-refractivity contribution in [3.8, 4) is 0 Å². The van der Waals surface area contributed by atoms with E-state index >= 15 is 0 Å². The summed E-state index contributed by atoms with van der Waals surface area (Å²) >= 11 is 0. The maximum Gasteiger partial charge on any atom is 0.423 e. The van der Waals surface area contributed by atoms with Crippen LogP contribution in [0.1, 0.15) is 12.0 Å². The minimum Gasteiger partial charge on any atom is -0.469 e. The monoisotopic (exact) mass is 292 g/mol. The van der Waals surface area contributed by atoms with Crippen LogP contribution in [0.2, 0.25) is 0 Å². The second-order valence-corrected chi connectivity index (χ2v) is 3.74. The predicted octanol–water partition coefficient (Wildman–Crippen LogP) is 2.59. The van der Waals surface area contributed by atoms with E-state index in [2.05, 4.69) is 10.1 Å². The highest BCUT2D eigenvalue weighted by molar-refractivity contribution is 5.70. The van der Waals surface area contributed by atoms with Gasteiger partial charge in [-0.05, 0) is 12.1 Å². The van der Waals surface area contributed by atoms with Gasteiger partial charge in [0.1, 0.15) is 5.56 Å². The van der Waals surface area contributed by atoms with Gasteiger partial charge in [0.25, 0.3) is 5.69 Å². The van der Waals surface area contributed by atoms with Crippen molar-refractivity contribution in [2.24, 2.45) is 0 Å². The van der Waals surface area contributed by atoms with Gasteiger partial charge in [0.2, 0.25) is 0 Å². The van der Waals surface area contributed by atoms with Crippen molar-refractivity contribution in [1.29, 1.82) is 0 Å². The normalized spacial score (nSPS) is 11.0. The highest BCUT2D eigenvalue weighted by Crippen LogP contribution is 2.37. The largest absolute Gasteiger partial charge is 0.469 e. The zero-order valence-electron chi connectivity index (χ0n) is 10.4. The van der Waals surface area contributed by atoms with Crippen LogP contribution >= 0.6 is 0 Å². The molecule has 1 rings (SSSR count). The van der Waals surface area contributed by atoms with Gasteiger partial charge in [0.05, 0.1) is 18.5 Å². The molecular weight excluding hydrogens is 281 g/mol. The summed E-state index contributed by atoms with van der Waals surface area (Å²) in [6, 6.07) is 2.55. The van der Waals surface area contributed by atoms with Gasteiger partial charge in [-0.1, -0.05) is 0 Å². The van der Waals surface area contributed by atoms with Gasteiger partial charge in [-0.15, -0.1) is 0 Å². The SMILES string of the molecule is COC(=O)CCNc1ccc([N+](=O)[O-])c(C(F)(F)F)c1. The van der Waals surface area contributed by atoms with Crippen LogP contribution in [0.4, 0.5) is 24.5 Å². The Morgan fingerprint density at radius 1 is 1.45 bits per heavy atom. The summed E-state index contributed by atoms with van der Waals surface area (Å²) in [6.45, 7) is 0.0573. The molecule has 1 aromatic carbocycles. The third-order valence-corrected chi connectivity index (χ3v) is 2.38. The number of alkyl halides is 3. The Labute approximate surface area is 111 Å². The standard InChI is InChI=1S/C11H11F3N2O4/c1-20-10(17)4-5-15-7-2-3-9(16(18)19)8(6-7)11(12,13)14/h2-3,6,15H,4-5H2,1H3. The number of carbonyl (C=O) groups excluding carboxylic acids is 1. The smallest absolute Gasteiger partial charge is 0.423 e. The van der Waals surface area contributed by atoms with Gasteiger partial charge in [-0.2, -0.15) is 13.2 Å². The molecule has 0 atom stereocenters. The lowest BCUT2D eigenvalue weighted by Gasteiger charge is -2.11. The molecule has 0 unspecified atom stereocenters. The first-order valence-electron chi connectivity index (χ1n) is 5.42. The molecule has 0 spiro atoms. The lowest BCUT2D eigenvalue weighted by Crippen LogP contribution is -2.12. The molecule has 0 saturated heterocycles. The van der Waals surface area contributed by atoms with Crippen molar-refractivity contribution in [2.75, 3.05) is 19.0 Å². The second-order valence-electron chi connectivity index (χ2n) is 3.74. The Morgan fingerprint density at radius 2 is 2.10 bits per heavy atom. The van der Waals surface area contributed by atoms with Crippen molar-refractivity contribution in [2.45, 2.75) is 12.6 Å². The number of nitrogens with zero attached hydrogens (tertiary/aromatic N) is 1. The molecule has 110 valence electrons. The number of nitro benzene ring substituents is 1. The van der Waals surface area contributed by atoms with Crippen molar-refractivity contribution in [3.63, 3.8) is 0 Å². The van der Waals surface area contributed by atoms with Crippen LogP contribution in [-0.2, 0) is 15.7 Å². The minimum absolute atomic E-state index is 0.0329. The first-order valence-corrected chi connectivity index (χ1v) is 5.42. The number of benzene rings is 1. The maximum atomic E-state index is 12.7. The minimum atomic E-state index is -4.83. The molecule has 6 nitrogen and oxygen atoms in total. The van der Waals surface area contributed by atoms with Gasteiger partial charge in [-0.3, -0.25) is 14.9 Å². The summed E-state index contributed by atoms with van der Waals surface area (Å²) in [6.07, 6.45) is -4.86. The number of anilines is 1. The van der Waals surface area contributed by atoms with E-state index in [1.807, 2.05) is 0 Å². The third-order valence-electron chi connectivity index (χ3n) is 2.38. The fourth-order valence-electron chi connectivity index (χ4n) is 1.44. The molecule has 1 aromatic rings. The molecular formula is C11H11F3N2O4. The lowest BCUT2D eigenvalue weighted by atomic mass is 10.1. The van der Waals surface area contributed by atoms with E-state index in [-0.39, 0.29) is 18.7 Å². The van der Waals surface area contributed by atoms with Crippen LogP contribution < -0.4 is 5.32 Å². The van der Waals surface area contributed by atoms with Gasteiger partial charge in [0.15, 0.2) is 0 Å². The first kappa shape index (κ1) is 15.7. The van der Waals surface area contributed by atoms with Crippen LogP contribution in [0.5, 0.6) is 0 Å². The molecule has 0 aliphatic rings. The number of methoxy groups -OCH3 is 1. The topological polar surface area (TPSA) is 81.5 Å². The number of carbonyl (C=O) groups is 1. The fraction of sp³-hybridized carbons (Fsp3) is 0.364. The van der Waals surface area contributed by atoms with Crippen molar-refractivity contribution in [1.82, 2.24) is 0 Å². The average Bonchev–Trinajstić information content (AvgIpc) is 2.37. The number of rotatable bonds is 5. The summed E-state index contributed by atoms with van der Waals surface area (Å²) in [4.78, 5) is 20.3. The van der Waals surface area contributed by atoms with Crippen LogP contribution in [0, 0.1) is 10.1 Å². The summed E-state index contributed by atoms with van der Waals surface area (Å²) in [5.41, 5.74) is -2.33. The van der Waals surface area contributed by atoms with Crippen molar-refractivity contribution >= 4 is 17.3 Å². The molecule has 0 amide bonds. The maximum absolute atomic E-state index is 12.7. The molecule has 9 heteroatoms. The number of ether oxygens (including phenoxy) is 1. The highest BCUT2D eigenvalue weighted by atomic mass is 19.4. The lowest BCUT2D eigenvalue weighted by molar-refractivity contribution is -0.388. The zero-order chi connectivity index (χ0) is 15.3. The number of nitro groups is 1. The number of nitrogens with one attached hydrogen (secondary N) is 1. The molecule has 0 saturated carbocycles. The first-order chi connectivity index (χ1) is 9.25. The van der Waals surface area contributed by atoms with E-state index in [4.69, 9.17) is 0 Å². The number of hydrogen-bond donors (Lipinski definition) is 1. The third kappa shape index (κ3) is 4.11. The van der Waals surface area contributed by atoms with E-state index in [0.717, 1.165) is 12.1 Å². The summed E-state index contributed by atoms with van der Waals surface area (Å²) in [5, 5.41) is 13.1. The molecule has 0 aliphatic heterocycles. The second kappa shape index (κ2) is 6.22. The van der Waals surface area contributed by atoms with Gasteiger partial charge < -0.3 is 10.1 Å². The number of hydrogen-bond acceptors (Lipinski definition) is 5. The van der Waals surface area contributed by atoms with Crippen molar-refractivity contribution in [3.05, 3.63) is 33.9 Å².